The quantitative estimate of drug-likeness (QED) is 0.789. The second kappa shape index (κ2) is 3.06. The van der Waals surface area contributed by atoms with Gasteiger partial charge in [0, 0.05) is 11.9 Å². The number of aromatic amines is 1. The van der Waals surface area contributed by atoms with Crippen LogP contribution < -0.4 is 11.2 Å². The van der Waals surface area contributed by atoms with E-state index in [4.69, 9.17) is 0 Å². The van der Waals surface area contributed by atoms with Crippen molar-refractivity contribution in [3.63, 3.8) is 0 Å². The zero-order chi connectivity index (χ0) is 10.5. The summed E-state index contributed by atoms with van der Waals surface area (Å²) in [5.74, 6) is 0. The third-order valence-corrected chi connectivity index (χ3v) is 3.87. The smallest absolute Gasteiger partial charge is 0.305 e. The fourth-order valence-corrected chi connectivity index (χ4v) is 3.17. The maximum absolute atomic E-state index is 11.7. The monoisotopic (exact) mass is 274 g/mol. The molecule has 4 nitrogen and oxygen atoms in total. The number of halogens is 1. The highest BCUT2D eigenvalue weighted by molar-refractivity contribution is 9.11. The molecule has 0 unspecified atom stereocenters. The van der Waals surface area contributed by atoms with Crippen LogP contribution in [0.1, 0.15) is 4.88 Å². The van der Waals surface area contributed by atoms with Crippen LogP contribution in [0.2, 0.25) is 0 Å². The van der Waals surface area contributed by atoms with Crippen LogP contribution in [0.3, 0.4) is 0 Å². The van der Waals surface area contributed by atoms with E-state index >= 15 is 0 Å². The summed E-state index contributed by atoms with van der Waals surface area (Å²) in [6, 6.07) is 0. The van der Waals surface area contributed by atoms with E-state index in [1.807, 2.05) is 6.92 Å². The van der Waals surface area contributed by atoms with Crippen molar-refractivity contribution in [2.75, 3.05) is 0 Å². The molecule has 0 bridgehead atoms. The van der Waals surface area contributed by atoms with Gasteiger partial charge in [0.25, 0.3) is 5.56 Å². The maximum atomic E-state index is 11.7. The molecule has 2 rings (SSSR count). The first-order chi connectivity index (χ1) is 6.52. The number of aryl methyl sites for hydroxylation is 1. The number of nitrogens with zero attached hydrogens (tertiary/aromatic N) is 1. The van der Waals surface area contributed by atoms with E-state index in [0.29, 0.717) is 10.9 Å². The number of thiophene rings is 1. The normalized spacial score (nSPS) is 11.1. The minimum Gasteiger partial charge on any atom is -0.305 e. The largest absolute Gasteiger partial charge is 0.328 e. The molecule has 0 radical (unpaired) electrons. The number of fused-ring (bicyclic) bond motifs is 1. The molecule has 0 aliphatic carbocycles. The lowest BCUT2D eigenvalue weighted by atomic mass is 10.3. The maximum Gasteiger partial charge on any atom is 0.328 e. The van der Waals surface area contributed by atoms with Crippen molar-refractivity contribution in [1.82, 2.24) is 9.55 Å². The first-order valence-electron chi connectivity index (χ1n) is 3.90. The number of nitrogens with one attached hydrogen (secondary N) is 1. The summed E-state index contributed by atoms with van der Waals surface area (Å²) in [6.07, 6.45) is 0. The van der Waals surface area contributed by atoms with E-state index in [0.717, 1.165) is 13.2 Å². The van der Waals surface area contributed by atoms with Crippen LogP contribution in [0.15, 0.2) is 13.4 Å². The number of hydrogen-bond acceptors (Lipinski definition) is 3. The van der Waals surface area contributed by atoms with E-state index < -0.39 is 0 Å². The Hall–Kier alpha value is -0.880. The van der Waals surface area contributed by atoms with Crippen LogP contribution in [0, 0.1) is 6.92 Å². The minimum absolute atomic E-state index is 0.247. The van der Waals surface area contributed by atoms with Gasteiger partial charge in [0.05, 0.1) is 14.7 Å². The lowest BCUT2D eigenvalue weighted by Gasteiger charge is -1.96. The van der Waals surface area contributed by atoms with E-state index in [2.05, 4.69) is 20.9 Å². The molecule has 0 aromatic carbocycles. The standard InChI is InChI=1S/C8H7BrN2O2S/c1-3-4-5(6(9)14-3)10-8(13)11(2)7(4)12/h1-2H3,(H,10,13). The zero-order valence-corrected chi connectivity index (χ0v) is 9.95. The van der Waals surface area contributed by atoms with E-state index in [1.54, 1.807) is 0 Å². The van der Waals surface area contributed by atoms with Crippen molar-refractivity contribution in [2.24, 2.45) is 7.05 Å². The Bertz CT molecular complexity index is 623. The topological polar surface area (TPSA) is 54.9 Å². The fraction of sp³-hybridized carbons (Fsp3) is 0.250. The van der Waals surface area contributed by atoms with Gasteiger partial charge in [-0.1, -0.05) is 0 Å². The number of rotatable bonds is 0. The molecule has 6 heteroatoms. The second-order valence-corrected chi connectivity index (χ2v) is 5.52. The van der Waals surface area contributed by atoms with Gasteiger partial charge in [0.1, 0.15) is 0 Å². The summed E-state index contributed by atoms with van der Waals surface area (Å²) >= 11 is 4.76. The Labute approximate surface area is 91.3 Å². The van der Waals surface area contributed by atoms with Gasteiger partial charge in [0.15, 0.2) is 0 Å². The molecule has 1 N–H and O–H groups in total. The molecule has 2 aromatic heterocycles. The Morgan fingerprint density at radius 1 is 1.43 bits per heavy atom. The van der Waals surface area contributed by atoms with Gasteiger partial charge in [0.2, 0.25) is 0 Å². The molecule has 0 aliphatic heterocycles. The predicted octanol–water partition coefficient (Wildman–Crippen LogP) is 1.36. The Morgan fingerprint density at radius 3 is 2.71 bits per heavy atom. The molecule has 74 valence electrons. The highest BCUT2D eigenvalue weighted by Gasteiger charge is 2.12. The SMILES string of the molecule is Cc1sc(Br)c2[nH]c(=O)n(C)c(=O)c12. The highest BCUT2D eigenvalue weighted by atomic mass is 79.9. The van der Waals surface area contributed by atoms with Gasteiger partial charge < -0.3 is 4.98 Å². The van der Waals surface area contributed by atoms with Crippen molar-refractivity contribution in [3.05, 3.63) is 29.5 Å². The minimum atomic E-state index is -0.388. The third-order valence-electron chi connectivity index (χ3n) is 2.10. The molecule has 0 atom stereocenters. The molecule has 0 saturated carbocycles. The summed E-state index contributed by atoms with van der Waals surface area (Å²) in [4.78, 5) is 26.6. The molecule has 0 saturated heterocycles. The number of H-pyrrole nitrogens is 1. The summed E-state index contributed by atoms with van der Waals surface area (Å²) in [5, 5.41) is 0.587. The first-order valence-corrected chi connectivity index (χ1v) is 5.51. The third kappa shape index (κ3) is 1.18. The highest BCUT2D eigenvalue weighted by Crippen LogP contribution is 2.30. The van der Waals surface area contributed by atoms with Crippen LogP contribution in [0.25, 0.3) is 10.9 Å². The number of aromatic nitrogens is 2. The molecule has 14 heavy (non-hydrogen) atoms. The second-order valence-electron chi connectivity index (χ2n) is 2.98. The van der Waals surface area contributed by atoms with E-state index in [9.17, 15) is 9.59 Å². The van der Waals surface area contributed by atoms with Crippen LogP contribution in [0.5, 0.6) is 0 Å². The van der Waals surface area contributed by atoms with Crippen LogP contribution in [-0.4, -0.2) is 9.55 Å². The summed E-state index contributed by atoms with van der Waals surface area (Å²) < 4.78 is 1.87. The van der Waals surface area contributed by atoms with Crippen molar-refractivity contribution in [3.8, 4) is 0 Å². The van der Waals surface area contributed by atoms with Gasteiger partial charge in [-0.25, -0.2) is 4.79 Å². The van der Waals surface area contributed by atoms with Crippen molar-refractivity contribution >= 4 is 38.2 Å². The fourth-order valence-electron chi connectivity index (χ4n) is 1.33. The van der Waals surface area contributed by atoms with Gasteiger partial charge in [-0.15, -0.1) is 11.3 Å². The first kappa shape index (κ1) is 9.67. The average Bonchev–Trinajstić information content (AvgIpc) is 2.38. The Kier molecular flexibility index (Phi) is 2.11. The molecular formula is C8H7BrN2O2S. The van der Waals surface area contributed by atoms with Crippen LogP contribution >= 0.6 is 27.3 Å². The molecule has 2 heterocycles. The lowest BCUT2D eigenvalue weighted by molar-refractivity contribution is 0.794. The summed E-state index contributed by atoms with van der Waals surface area (Å²) in [7, 11) is 1.46. The molecule has 0 amide bonds. The van der Waals surface area contributed by atoms with Crippen LogP contribution in [-0.2, 0) is 7.05 Å². The van der Waals surface area contributed by atoms with Crippen LogP contribution in [0.4, 0.5) is 0 Å². The molecular weight excluding hydrogens is 268 g/mol. The van der Waals surface area contributed by atoms with Crippen molar-refractivity contribution in [1.29, 1.82) is 0 Å². The summed E-state index contributed by atoms with van der Waals surface area (Å²) in [6.45, 7) is 1.86. The Balaban J connectivity index is 3.18. The van der Waals surface area contributed by atoms with Gasteiger partial charge in [-0.2, -0.15) is 0 Å². The molecule has 0 spiro atoms. The zero-order valence-electron chi connectivity index (χ0n) is 7.55. The van der Waals surface area contributed by atoms with Gasteiger partial charge >= 0.3 is 5.69 Å². The van der Waals surface area contributed by atoms with Gasteiger partial charge in [-0.3, -0.25) is 9.36 Å². The lowest BCUT2D eigenvalue weighted by Crippen LogP contribution is -2.32. The van der Waals surface area contributed by atoms with E-state index in [1.165, 1.54) is 18.4 Å². The number of hydrogen-bond donors (Lipinski definition) is 1. The molecule has 0 fully saturated rings. The van der Waals surface area contributed by atoms with E-state index in [-0.39, 0.29) is 11.2 Å². The van der Waals surface area contributed by atoms with Crippen molar-refractivity contribution in [2.45, 2.75) is 6.92 Å². The van der Waals surface area contributed by atoms with Crippen molar-refractivity contribution < 1.29 is 0 Å². The molecule has 0 aliphatic rings. The predicted molar refractivity (Wildman–Crippen MR) is 60.1 cm³/mol. The average molecular weight is 275 g/mol. The Morgan fingerprint density at radius 2 is 2.07 bits per heavy atom. The molecule has 2 aromatic rings. The van der Waals surface area contributed by atoms with Gasteiger partial charge in [-0.05, 0) is 22.9 Å². The summed E-state index contributed by atoms with van der Waals surface area (Å²) in [5.41, 5.74) is -0.0372.